The van der Waals surface area contributed by atoms with Gasteiger partial charge in [-0.2, -0.15) is 0 Å². The van der Waals surface area contributed by atoms with E-state index in [-0.39, 0.29) is 18.2 Å². The first-order chi connectivity index (χ1) is 9.25. The molecule has 1 amide bonds. The summed E-state index contributed by atoms with van der Waals surface area (Å²) in [6.07, 6.45) is 2.01. The zero-order chi connectivity index (χ0) is 13.5. The molecule has 2 aromatic rings. The van der Waals surface area contributed by atoms with Gasteiger partial charge in [-0.05, 0) is 11.6 Å². The normalized spacial score (nSPS) is 11.1. The second-order valence-electron chi connectivity index (χ2n) is 3.97. The number of nitrogens with two attached hydrogens (primary N) is 1. The largest absolute Gasteiger partial charge is 0.377 e. The van der Waals surface area contributed by atoms with Crippen molar-refractivity contribution in [3.8, 4) is 0 Å². The number of benzene rings is 1. The molecule has 5 nitrogen and oxygen atoms in total. The summed E-state index contributed by atoms with van der Waals surface area (Å²) in [4.78, 5) is 14.6. The molecule has 19 heavy (non-hydrogen) atoms. The Labute approximate surface area is 111 Å². The van der Waals surface area contributed by atoms with Crippen molar-refractivity contribution in [3.05, 3.63) is 66.0 Å². The van der Waals surface area contributed by atoms with Gasteiger partial charge in [0.15, 0.2) is 6.20 Å². The van der Waals surface area contributed by atoms with Gasteiger partial charge >= 0.3 is 0 Å². The van der Waals surface area contributed by atoms with Crippen LogP contribution in [0, 0.1) is 0 Å². The van der Waals surface area contributed by atoms with E-state index in [1.807, 2.05) is 42.5 Å². The van der Waals surface area contributed by atoms with Crippen LogP contribution >= 0.6 is 0 Å². The van der Waals surface area contributed by atoms with Crippen molar-refractivity contribution >= 4 is 11.7 Å². The first kappa shape index (κ1) is 12.8. The van der Waals surface area contributed by atoms with Crippen LogP contribution in [0.3, 0.4) is 0 Å². The Bertz CT molecular complexity index is 567. The van der Waals surface area contributed by atoms with Gasteiger partial charge < -0.3 is 5.73 Å². The van der Waals surface area contributed by atoms with Crippen LogP contribution in [0.25, 0.3) is 0 Å². The number of carbonyl (C=O) groups is 1. The Morgan fingerprint density at radius 1 is 1.16 bits per heavy atom. The molecular weight excluding hydrogens is 240 g/mol. The Hall–Kier alpha value is -2.69. The number of aromatic nitrogens is 1. The molecule has 0 unspecified atom stereocenters. The minimum atomic E-state index is -0.204. The predicted octanol–water partition coefficient (Wildman–Crippen LogP) is 0.480. The molecule has 0 aliphatic heterocycles. The predicted molar refractivity (Wildman–Crippen MR) is 72.0 cm³/mol. The molecule has 0 spiro atoms. The molecule has 0 saturated heterocycles. The molecule has 0 bridgehead atoms. The van der Waals surface area contributed by atoms with Crippen molar-refractivity contribution in [2.24, 2.45) is 10.8 Å². The molecule has 2 rings (SSSR count). The third-order valence-corrected chi connectivity index (χ3v) is 2.49. The quantitative estimate of drug-likeness (QED) is 0.473. The van der Waals surface area contributed by atoms with Crippen LogP contribution in [0.1, 0.15) is 11.3 Å². The van der Waals surface area contributed by atoms with Crippen LogP contribution < -0.4 is 16.1 Å². The van der Waals surface area contributed by atoms with Gasteiger partial charge in [0.1, 0.15) is 0 Å². The van der Waals surface area contributed by atoms with Crippen molar-refractivity contribution in [1.29, 1.82) is 0 Å². The van der Waals surface area contributed by atoms with Gasteiger partial charge in [-0.1, -0.05) is 30.3 Å². The van der Waals surface area contributed by atoms with Gasteiger partial charge in [-0.3, -0.25) is 4.79 Å². The number of hydrogen-bond acceptors (Lipinski definition) is 2. The first-order valence-electron chi connectivity index (χ1n) is 5.89. The fraction of sp³-hybridized carbons (Fsp3) is 0.0714. The Balaban J connectivity index is 1.93. The van der Waals surface area contributed by atoms with Gasteiger partial charge in [0, 0.05) is 12.1 Å². The van der Waals surface area contributed by atoms with Crippen LogP contribution in [0.15, 0.2) is 59.8 Å². The second kappa shape index (κ2) is 6.30. The molecule has 0 saturated carbocycles. The molecule has 96 valence electrons. The number of hydrazone groups is 1. The highest BCUT2D eigenvalue weighted by Crippen LogP contribution is 1.99. The molecule has 0 fully saturated rings. The monoisotopic (exact) mass is 255 g/mol. The maximum Gasteiger partial charge on any atom is 0.247 e. The second-order valence-corrected chi connectivity index (χ2v) is 3.97. The average molecular weight is 255 g/mol. The Morgan fingerprint density at radius 3 is 2.58 bits per heavy atom. The maximum absolute atomic E-state index is 11.7. The summed E-state index contributed by atoms with van der Waals surface area (Å²) >= 11 is 0. The fourth-order valence-corrected chi connectivity index (χ4v) is 1.56. The van der Waals surface area contributed by atoms with E-state index in [1.54, 1.807) is 12.3 Å². The van der Waals surface area contributed by atoms with E-state index in [1.165, 1.54) is 0 Å². The average Bonchev–Trinajstić information content (AvgIpc) is 2.47. The molecule has 4 N–H and O–H groups in total. The number of pyridine rings is 1. The number of carbonyl (C=O) groups excluding carboxylic acids is 1. The molecule has 0 aliphatic rings. The van der Waals surface area contributed by atoms with Crippen molar-refractivity contribution in [1.82, 2.24) is 5.43 Å². The molecule has 0 radical (unpaired) electrons. The zero-order valence-electron chi connectivity index (χ0n) is 10.3. The fourth-order valence-electron chi connectivity index (χ4n) is 1.56. The highest BCUT2D eigenvalue weighted by Gasteiger charge is 2.06. The number of rotatable bonds is 4. The summed E-state index contributed by atoms with van der Waals surface area (Å²) < 4.78 is 0. The van der Waals surface area contributed by atoms with Crippen molar-refractivity contribution < 1.29 is 9.78 Å². The van der Waals surface area contributed by atoms with Gasteiger partial charge in [0.25, 0.3) is 0 Å². The van der Waals surface area contributed by atoms with Crippen LogP contribution in [-0.4, -0.2) is 11.7 Å². The molecule has 5 heteroatoms. The van der Waals surface area contributed by atoms with E-state index < -0.39 is 0 Å². The number of hydrogen-bond donors (Lipinski definition) is 2. The lowest BCUT2D eigenvalue weighted by atomic mass is 10.1. The molecule has 1 heterocycles. The summed E-state index contributed by atoms with van der Waals surface area (Å²) in [7, 11) is 0. The summed E-state index contributed by atoms with van der Waals surface area (Å²) in [6.45, 7) is 0. The topological polar surface area (TPSA) is 81.6 Å². The highest BCUT2D eigenvalue weighted by molar-refractivity contribution is 5.95. The molecule has 1 aromatic heterocycles. The first-order valence-corrected chi connectivity index (χ1v) is 5.89. The van der Waals surface area contributed by atoms with Gasteiger partial charge in [0.2, 0.25) is 17.4 Å². The van der Waals surface area contributed by atoms with Crippen LogP contribution in [0.4, 0.5) is 0 Å². The zero-order valence-corrected chi connectivity index (χ0v) is 10.3. The Kier molecular flexibility index (Phi) is 4.23. The number of aromatic amines is 1. The van der Waals surface area contributed by atoms with Crippen LogP contribution in [-0.2, 0) is 11.2 Å². The molecule has 1 aromatic carbocycles. The minimum absolute atomic E-state index is 0.204. The SMILES string of the molecule is NC(=NNC(=O)Cc1ccccc1)c1cccc[nH+]1. The smallest absolute Gasteiger partial charge is 0.247 e. The van der Waals surface area contributed by atoms with Crippen molar-refractivity contribution in [2.75, 3.05) is 0 Å². The molecular formula is C14H15N4O+. The van der Waals surface area contributed by atoms with Gasteiger partial charge in [-0.25, -0.2) is 10.4 Å². The number of H-pyrrole nitrogens is 1. The van der Waals surface area contributed by atoms with E-state index in [2.05, 4.69) is 15.5 Å². The standard InChI is InChI=1S/C14H14N4O/c15-14(12-8-4-5-9-16-12)18-17-13(19)10-11-6-2-1-3-7-11/h1-9H,10H2,(H2,15,18)(H,17,19)/p+1. The third kappa shape index (κ3) is 3.92. The maximum atomic E-state index is 11.7. The lowest BCUT2D eigenvalue weighted by Gasteiger charge is -2.00. The summed E-state index contributed by atoms with van der Waals surface area (Å²) in [5.41, 5.74) is 9.76. The summed E-state index contributed by atoms with van der Waals surface area (Å²) in [6, 6.07) is 14.9. The van der Waals surface area contributed by atoms with Gasteiger partial charge in [0.05, 0.1) is 6.42 Å². The third-order valence-electron chi connectivity index (χ3n) is 2.49. The number of amidine groups is 1. The Morgan fingerprint density at radius 2 is 1.89 bits per heavy atom. The van der Waals surface area contributed by atoms with E-state index >= 15 is 0 Å². The van der Waals surface area contributed by atoms with Crippen molar-refractivity contribution in [3.63, 3.8) is 0 Å². The molecule has 0 aliphatic carbocycles. The number of nitrogens with zero attached hydrogens (tertiary/aromatic N) is 1. The number of amides is 1. The summed E-state index contributed by atoms with van der Waals surface area (Å²) in [5, 5.41) is 3.85. The highest BCUT2D eigenvalue weighted by atomic mass is 16.2. The van der Waals surface area contributed by atoms with E-state index in [0.29, 0.717) is 5.69 Å². The van der Waals surface area contributed by atoms with E-state index in [9.17, 15) is 4.79 Å². The molecule has 0 atom stereocenters. The van der Waals surface area contributed by atoms with E-state index in [4.69, 9.17) is 5.73 Å². The minimum Gasteiger partial charge on any atom is -0.377 e. The van der Waals surface area contributed by atoms with E-state index in [0.717, 1.165) is 5.56 Å². The lowest BCUT2D eigenvalue weighted by molar-refractivity contribution is -0.380. The van der Waals surface area contributed by atoms with Crippen LogP contribution in [0.2, 0.25) is 0 Å². The summed E-state index contributed by atoms with van der Waals surface area (Å²) in [5.74, 6) is 0.0343. The lowest BCUT2D eigenvalue weighted by Crippen LogP contribution is -2.29. The van der Waals surface area contributed by atoms with Crippen LogP contribution in [0.5, 0.6) is 0 Å². The van der Waals surface area contributed by atoms with Crippen molar-refractivity contribution in [2.45, 2.75) is 6.42 Å². The van der Waals surface area contributed by atoms with Gasteiger partial charge in [-0.15, -0.1) is 5.10 Å². The number of nitrogens with one attached hydrogen (secondary N) is 2.